The average molecular weight is 283 g/mol. The predicted molar refractivity (Wildman–Crippen MR) is 82.5 cm³/mol. The Labute approximate surface area is 124 Å². The predicted octanol–water partition coefficient (Wildman–Crippen LogP) is 3.92. The Hall–Kier alpha value is -2.16. The fraction of sp³-hybridized carbons (Fsp3) is 0.278. The van der Waals surface area contributed by atoms with E-state index in [0.717, 1.165) is 18.7 Å². The van der Waals surface area contributed by atoms with E-state index in [9.17, 15) is 4.39 Å². The summed E-state index contributed by atoms with van der Waals surface area (Å²) in [5.74, 6) is -0.186. The van der Waals surface area contributed by atoms with Crippen LogP contribution in [0.3, 0.4) is 0 Å². The number of fused-ring (bicyclic) bond motifs is 1. The van der Waals surface area contributed by atoms with Crippen LogP contribution >= 0.6 is 0 Å². The molecule has 0 amide bonds. The number of halogens is 1. The molecule has 2 aromatic carbocycles. The van der Waals surface area contributed by atoms with Crippen LogP contribution in [0.15, 0.2) is 54.9 Å². The summed E-state index contributed by atoms with van der Waals surface area (Å²) in [5, 5.41) is 0. The zero-order chi connectivity index (χ0) is 14.7. The SMILES string of the molecule is CCCCn1c[n+](Cc2ccc(F)cc2)c2ccccc21. The quantitative estimate of drug-likeness (QED) is 0.628. The molecule has 3 rings (SSSR count). The van der Waals surface area contributed by atoms with Crippen molar-refractivity contribution in [1.82, 2.24) is 4.57 Å². The van der Waals surface area contributed by atoms with Gasteiger partial charge in [-0.05, 0) is 36.2 Å². The highest BCUT2D eigenvalue weighted by molar-refractivity contribution is 5.71. The summed E-state index contributed by atoms with van der Waals surface area (Å²) in [6.45, 7) is 4.01. The first-order chi connectivity index (χ1) is 10.3. The van der Waals surface area contributed by atoms with Crippen molar-refractivity contribution in [1.29, 1.82) is 0 Å². The Balaban J connectivity index is 1.96. The molecule has 0 aliphatic carbocycles. The Kier molecular flexibility index (Phi) is 4.00. The monoisotopic (exact) mass is 283 g/mol. The van der Waals surface area contributed by atoms with Crippen LogP contribution < -0.4 is 4.57 Å². The molecule has 0 bridgehead atoms. The lowest BCUT2D eigenvalue weighted by molar-refractivity contribution is -0.663. The maximum atomic E-state index is 13.0. The number of imidazole rings is 1. The summed E-state index contributed by atoms with van der Waals surface area (Å²) in [7, 11) is 0. The molecule has 0 saturated heterocycles. The molecular formula is C18H20FN2+. The second kappa shape index (κ2) is 6.08. The molecule has 3 heteroatoms. The van der Waals surface area contributed by atoms with E-state index in [4.69, 9.17) is 0 Å². The third-order valence-electron chi connectivity index (χ3n) is 3.80. The fourth-order valence-corrected chi connectivity index (χ4v) is 2.66. The zero-order valence-corrected chi connectivity index (χ0v) is 12.3. The first kappa shape index (κ1) is 13.8. The van der Waals surface area contributed by atoms with Crippen molar-refractivity contribution in [2.45, 2.75) is 32.9 Å². The summed E-state index contributed by atoms with van der Waals surface area (Å²) < 4.78 is 17.6. The minimum absolute atomic E-state index is 0.186. The third kappa shape index (κ3) is 2.97. The van der Waals surface area contributed by atoms with Crippen LogP contribution in [0.2, 0.25) is 0 Å². The van der Waals surface area contributed by atoms with Gasteiger partial charge in [-0.3, -0.25) is 0 Å². The number of unbranched alkanes of at least 4 members (excludes halogenated alkanes) is 1. The highest BCUT2D eigenvalue weighted by Gasteiger charge is 2.14. The van der Waals surface area contributed by atoms with Crippen molar-refractivity contribution < 1.29 is 8.96 Å². The van der Waals surface area contributed by atoms with E-state index in [2.05, 4.69) is 46.7 Å². The smallest absolute Gasteiger partial charge is 0.230 e. The van der Waals surface area contributed by atoms with Crippen LogP contribution in [0.1, 0.15) is 25.3 Å². The molecule has 0 unspecified atom stereocenters. The lowest BCUT2D eigenvalue weighted by Crippen LogP contribution is -2.32. The summed E-state index contributed by atoms with van der Waals surface area (Å²) in [6.07, 6.45) is 4.53. The Morgan fingerprint density at radius 1 is 1.05 bits per heavy atom. The van der Waals surface area contributed by atoms with Crippen LogP contribution in [0.25, 0.3) is 11.0 Å². The Morgan fingerprint density at radius 3 is 2.57 bits per heavy atom. The molecule has 3 aromatic rings. The van der Waals surface area contributed by atoms with Gasteiger partial charge in [0, 0.05) is 0 Å². The largest absolute Gasteiger partial charge is 0.245 e. The Bertz CT molecular complexity index is 729. The maximum Gasteiger partial charge on any atom is 0.245 e. The fourth-order valence-electron chi connectivity index (χ4n) is 2.66. The van der Waals surface area contributed by atoms with Crippen molar-refractivity contribution >= 4 is 11.0 Å². The van der Waals surface area contributed by atoms with Crippen LogP contribution in [-0.4, -0.2) is 4.57 Å². The van der Waals surface area contributed by atoms with Crippen molar-refractivity contribution in [3.8, 4) is 0 Å². The number of hydrogen-bond acceptors (Lipinski definition) is 0. The van der Waals surface area contributed by atoms with Gasteiger partial charge in [-0.1, -0.05) is 37.6 Å². The van der Waals surface area contributed by atoms with Gasteiger partial charge in [0.05, 0.1) is 6.54 Å². The number of rotatable bonds is 5. The summed E-state index contributed by atoms with van der Waals surface area (Å²) in [6, 6.07) is 15.2. The summed E-state index contributed by atoms with van der Waals surface area (Å²) in [5.41, 5.74) is 3.59. The van der Waals surface area contributed by atoms with Crippen molar-refractivity contribution in [3.05, 3.63) is 66.2 Å². The van der Waals surface area contributed by atoms with Crippen LogP contribution in [0, 0.1) is 5.82 Å². The molecule has 0 fully saturated rings. The molecule has 0 N–H and O–H groups in total. The first-order valence-electron chi connectivity index (χ1n) is 7.49. The van der Waals surface area contributed by atoms with Crippen molar-refractivity contribution in [2.24, 2.45) is 0 Å². The standard InChI is InChI=1S/C18H20FN2/c1-2-3-12-20-14-21(18-7-5-4-6-17(18)20)13-15-8-10-16(19)11-9-15/h4-11,14H,2-3,12-13H2,1H3/q+1. The first-order valence-corrected chi connectivity index (χ1v) is 7.49. The van der Waals surface area contributed by atoms with Gasteiger partial charge in [-0.15, -0.1) is 0 Å². The van der Waals surface area contributed by atoms with Crippen molar-refractivity contribution in [3.63, 3.8) is 0 Å². The molecule has 1 aromatic heterocycles. The van der Waals surface area contributed by atoms with Crippen molar-refractivity contribution in [2.75, 3.05) is 0 Å². The molecule has 0 aliphatic heterocycles. The van der Waals surface area contributed by atoms with Crippen LogP contribution in [-0.2, 0) is 13.1 Å². The topological polar surface area (TPSA) is 8.81 Å². The normalized spacial score (nSPS) is 11.1. The van der Waals surface area contributed by atoms with Gasteiger partial charge >= 0.3 is 0 Å². The average Bonchev–Trinajstić information content (AvgIpc) is 2.86. The van der Waals surface area contributed by atoms with E-state index in [1.54, 1.807) is 0 Å². The van der Waals surface area contributed by atoms with Crippen LogP contribution in [0.4, 0.5) is 4.39 Å². The number of hydrogen-bond donors (Lipinski definition) is 0. The lowest BCUT2D eigenvalue weighted by Gasteiger charge is -1.98. The van der Waals surface area contributed by atoms with Gasteiger partial charge in [-0.2, -0.15) is 0 Å². The van der Waals surface area contributed by atoms with Gasteiger partial charge in [0.2, 0.25) is 6.33 Å². The van der Waals surface area contributed by atoms with Crippen LogP contribution in [0.5, 0.6) is 0 Å². The number of benzene rings is 2. The van der Waals surface area contributed by atoms with Gasteiger partial charge in [0.15, 0.2) is 11.0 Å². The molecule has 0 radical (unpaired) electrons. The second-order valence-electron chi connectivity index (χ2n) is 5.41. The van der Waals surface area contributed by atoms with E-state index < -0.39 is 0 Å². The maximum absolute atomic E-state index is 13.0. The summed E-state index contributed by atoms with van der Waals surface area (Å²) >= 11 is 0. The van der Waals surface area contributed by atoms with E-state index >= 15 is 0 Å². The zero-order valence-electron chi connectivity index (χ0n) is 12.3. The molecule has 21 heavy (non-hydrogen) atoms. The van der Waals surface area contributed by atoms with Gasteiger partial charge in [-0.25, -0.2) is 13.5 Å². The number of aryl methyl sites for hydroxylation is 1. The van der Waals surface area contributed by atoms with Gasteiger partial charge in [0.25, 0.3) is 0 Å². The van der Waals surface area contributed by atoms with E-state index in [-0.39, 0.29) is 5.82 Å². The Morgan fingerprint density at radius 2 is 1.81 bits per heavy atom. The molecule has 2 nitrogen and oxygen atoms in total. The molecule has 108 valence electrons. The molecular weight excluding hydrogens is 263 g/mol. The number of para-hydroxylation sites is 2. The molecule has 1 heterocycles. The minimum atomic E-state index is -0.186. The van der Waals surface area contributed by atoms with E-state index in [1.807, 2.05) is 12.1 Å². The minimum Gasteiger partial charge on any atom is -0.230 e. The highest BCUT2D eigenvalue weighted by Crippen LogP contribution is 2.13. The van der Waals surface area contributed by atoms with Gasteiger partial charge in [0.1, 0.15) is 12.4 Å². The third-order valence-corrected chi connectivity index (χ3v) is 3.80. The number of nitrogens with zero attached hydrogens (tertiary/aromatic N) is 2. The molecule has 0 saturated carbocycles. The molecule has 0 atom stereocenters. The molecule has 0 spiro atoms. The lowest BCUT2D eigenvalue weighted by atomic mass is 10.2. The summed E-state index contributed by atoms with van der Waals surface area (Å²) in [4.78, 5) is 0. The molecule has 0 aliphatic rings. The highest BCUT2D eigenvalue weighted by atomic mass is 19.1. The second-order valence-corrected chi connectivity index (χ2v) is 5.41. The number of aromatic nitrogens is 2. The van der Waals surface area contributed by atoms with E-state index in [1.165, 1.54) is 36.0 Å². The van der Waals surface area contributed by atoms with Gasteiger partial charge < -0.3 is 0 Å². The van der Waals surface area contributed by atoms with E-state index in [0.29, 0.717) is 0 Å².